The van der Waals surface area contributed by atoms with Crippen LogP contribution in [-0.2, 0) is 10.0 Å². The summed E-state index contributed by atoms with van der Waals surface area (Å²) in [5.41, 5.74) is 0.677. The lowest BCUT2D eigenvalue weighted by Crippen LogP contribution is -2.32. The molecule has 0 atom stereocenters. The molecule has 6 nitrogen and oxygen atoms in total. The molecule has 1 fully saturated rings. The van der Waals surface area contributed by atoms with E-state index in [1.165, 1.54) is 29.6 Å². The summed E-state index contributed by atoms with van der Waals surface area (Å²) in [6.45, 7) is 0.947. The first-order chi connectivity index (χ1) is 13.4. The van der Waals surface area contributed by atoms with Crippen molar-refractivity contribution >= 4 is 33.2 Å². The zero-order valence-electron chi connectivity index (χ0n) is 15.7. The molecule has 28 heavy (non-hydrogen) atoms. The molecule has 2 aromatic carbocycles. The van der Waals surface area contributed by atoms with Crippen molar-refractivity contribution in [1.29, 1.82) is 0 Å². The predicted molar refractivity (Wildman–Crippen MR) is 110 cm³/mol. The fraction of sp³-hybridized carbons (Fsp3) is 0.350. The zero-order chi connectivity index (χ0) is 20.1. The van der Waals surface area contributed by atoms with E-state index in [4.69, 9.17) is 16.3 Å². The minimum absolute atomic E-state index is 0.00343. The Hall–Kier alpha value is -2.09. The van der Waals surface area contributed by atoms with E-state index in [-0.39, 0.29) is 16.2 Å². The van der Waals surface area contributed by atoms with Gasteiger partial charge in [-0.05, 0) is 43.2 Å². The molecule has 8 heteroatoms. The molecule has 1 N–H and O–H groups in total. The van der Waals surface area contributed by atoms with Crippen LogP contribution in [0.15, 0.2) is 47.4 Å². The van der Waals surface area contributed by atoms with Crippen LogP contribution in [0.1, 0.15) is 36.0 Å². The Kier molecular flexibility index (Phi) is 6.59. The van der Waals surface area contributed by atoms with Crippen molar-refractivity contribution in [1.82, 2.24) is 4.31 Å². The fourth-order valence-corrected chi connectivity index (χ4v) is 5.08. The molecule has 1 heterocycles. The van der Waals surface area contributed by atoms with Crippen LogP contribution in [0.3, 0.4) is 0 Å². The Morgan fingerprint density at radius 2 is 1.75 bits per heavy atom. The smallest absolute Gasteiger partial charge is 0.255 e. The van der Waals surface area contributed by atoms with Gasteiger partial charge in [0, 0.05) is 18.7 Å². The average Bonchev–Trinajstić information content (AvgIpc) is 2.99. The second-order valence-electron chi connectivity index (χ2n) is 6.62. The summed E-state index contributed by atoms with van der Waals surface area (Å²) in [5, 5.41) is 3.12. The number of carbonyl (C=O) groups is 1. The molecule has 1 aliphatic rings. The number of para-hydroxylation sites is 1. The van der Waals surface area contributed by atoms with Crippen molar-refractivity contribution in [3.05, 3.63) is 53.1 Å². The van der Waals surface area contributed by atoms with Gasteiger partial charge in [0.2, 0.25) is 10.0 Å². The van der Waals surface area contributed by atoms with E-state index in [1.807, 2.05) is 0 Å². The van der Waals surface area contributed by atoms with Crippen molar-refractivity contribution < 1.29 is 17.9 Å². The molecule has 0 unspecified atom stereocenters. The summed E-state index contributed by atoms with van der Waals surface area (Å²) < 4.78 is 33.1. The van der Waals surface area contributed by atoms with E-state index in [2.05, 4.69) is 5.32 Å². The third-order valence-corrected chi connectivity index (χ3v) is 6.98. The number of hydrogen-bond donors (Lipinski definition) is 1. The van der Waals surface area contributed by atoms with Gasteiger partial charge in [0.15, 0.2) is 0 Å². The second kappa shape index (κ2) is 8.94. The van der Waals surface area contributed by atoms with Gasteiger partial charge in [-0.25, -0.2) is 8.42 Å². The standard InChI is InChI=1S/C20H23ClN2O4S/c1-27-18-11-10-15(20(24)22-17-9-5-4-8-16(17)21)14-19(18)28(25,26)23-12-6-2-3-7-13-23/h4-5,8-11,14H,2-3,6-7,12-13H2,1H3,(H,22,24). The quantitative estimate of drug-likeness (QED) is 0.784. The number of amides is 1. The van der Waals surface area contributed by atoms with Crippen molar-refractivity contribution in [2.75, 3.05) is 25.5 Å². The summed E-state index contributed by atoms with van der Waals surface area (Å²) in [6.07, 6.45) is 3.69. The van der Waals surface area contributed by atoms with E-state index < -0.39 is 15.9 Å². The fourth-order valence-electron chi connectivity index (χ4n) is 3.20. The highest BCUT2D eigenvalue weighted by atomic mass is 35.5. The summed E-state index contributed by atoms with van der Waals surface area (Å²) >= 11 is 6.09. The summed E-state index contributed by atoms with van der Waals surface area (Å²) in [4.78, 5) is 12.7. The molecule has 0 saturated carbocycles. The molecule has 2 aromatic rings. The molecular formula is C20H23ClN2O4S. The van der Waals surface area contributed by atoms with Crippen LogP contribution >= 0.6 is 11.6 Å². The van der Waals surface area contributed by atoms with E-state index in [9.17, 15) is 13.2 Å². The van der Waals surface area contributed by atoms with Crippen molar-refractivity contribution in [3.8, 4) is 5.75 Å². The van der Waals surface area contributed by atoms with E-state index in [1.54, 1.807) is 24.3 Å². The molecule has 0 radical (unpaired) electrons. The van der Waals surface area contributed by atoms with E-state index >= 15 is 0 Å². The Bertz CT molecular complexity index is 954. The van der Waals surface area contributed by atoms with Gasteiger partial charge in [-0.15, -0.1) is 0 Å². The first kappa shape index (κ1) is 20.6. The van der Waals surface area contributed by atoms with Crippen LogP contribution in [0.4, 0.5) is 5.69 Å². The summed E-state index contributed by atoms with van der Waals surface area (Å²) in [6, 6.07) is 11.3. The molecule has 0 aromatic heterocycles. The number of anilines is 1. The van der Waals surface area contributed by atoms with Crippen LogP contribution in [0.5, 0.6) is 5.75 Å². The first-order valence-corrected chi connectivity index (χ1v) is 11.0. The van der Waals surface area contributed by atoms with Gasteiger partial charge in [-0.1, -0.05) is 36.6 Å². The molecule has 0 aliphatic carbocycles. The summed E-state index contributed by atoms with van der Waals surface area (Å²) in [7, 11) is -2.35. The van der Waals surface area contributed by atoms with Crippen LogP contribution in [0.25, 0.3) is 0 Å². The maximum Gasteiger partial charge on any atom is 0.255 e. The molecular weight excluding hydrogens is 400 g/mol. The Morgan fingerprint density at radius 1 is 1.07 bits per heavy atom. The largest absolute Gasteiger partial charge is 0.495 e. The third kappa shape index (κ3) is 4.48. The molecule has 1 saturated heterocycles. The van der Waals surface area contributed by atoms with Crippen molar-refractivity contribution in [3.63, 3.8) is 0 Å². The maximum atomic E-state index is 13.2. The molecule has 0 spiro atoms. The number of carbonyl (C=O) groups excluding carboxylic acids is 1. The highest BCUT2D eigenvalue weighted by molar-refractivity contribution is 7.89. The number of ether oxygens (including phenoxy) is 1. The molecule has 1 aliphatic heterocycles. The molecule has 150 valence electrons. The predicted octanol–water partition coefficient (Wildman–Crippen LogP) is 4.17. The Morgan fingerprint density at radius 3 is 2.39 bits per heavy atom. The van der Waals surface area contributed by atoms with Gasteiger partial charge in [0.1, 0.15) is 10.6 Å². The number of sulfonamides is 1. The van der Waals surface area contributed by atoms with Crippen LogP contribution in [0, 0.1) is 0 Å². The number of nitrogens with zero attached hydrogens (tertiary/aromatic N) is 1. The van der Waals surface area contributed by atoms with Gasteiger partial charge in [-0.2, -0.15) is 4.31 Å². The highest BCUT2D eigenvalue weighted by Crippen LogP contribution is 2.30. The van der Waals surface area contributed by atoms with Gasteiger partial charge in [0.25, 0.3) is 5.91 Å². The zero-order valence-corrected chi connectivity index (χ0v) is 17.2. The molecule has 3 rings (SSSR count). The topological polar surface area (TPSA) is 75.7 Å². The van der Waals surface area contributed by atoms with Crippen molar-refractivity contribution in [2.24, 2.45) is 0 Å². The minimum atomic E-state index is -3.76. The van der Waals surface area contributed by atoms with Crippen LogP contribution < -0.4 is 10.1 Å². The van der Waals surface area contributed by atoms with E-state index in [0.717, 1.165) is 25.7 Å². The number of hydrogen-bond acceptors (Lipinski definition) is 4. The minimum Gasteiger partial charge on any atom is -0.495 e. The number of halogens is 1. The number of methoxy groups -OCH3 is 1. The molecule has 0 bridgehead atoms. The molecule has 1 amide bonds. The van der Waals surface area contributed by atoms with Gasteiger partial charge < -0.3 is 10.1 Å². The Labute approximate surface area is 170 Å². The van der Waals surface area contributed by atoms with E-state index in [0.29, 0.717) is 23.8 Å². The number of nitrogens with one attached hydrogen (secondary N) is 1. The van der Waals surface area contributed by atoms with Crippen LogP contribution in [-0.4, -0.2) is 38.8 Å². The first-order valence-electron chi connectivity index (χ1n) is 9.17. The maximum absolute atomic E-state index is 13.2. The SMILES string of the molecule is COc1ccc(C(=O)Nc2ccccc2Cl)cc1S(=O)(=O)N1CCCCCC1. The normalized spacial score (nSPS) is 15.6. The van der Waals surface area contributed by atoms with Gasteiger partial charge >= 0.3 is 0 Å². The van der Waals surface area contributed by atoms with Gasteiger partial charge in [-0.3, -0.25) is 4.79 Å². The number of rotatable bonds is 5. The monoisotopic (exact) mass is 422 g/mol. The number of benzene rings is 2. The van der Waals surface area contributed by atoms with Crippen molar-refractivity contribution in [2.45, 2.75) is 30.6 Å². The average molecular weight is 423 g/mol. The lowest BCUT2D eigenvalue weighted by Gasteiger charge is -2.21. The van der Waals surface area contributed by atoms with Gasteiger partial charge in [0.05, 0.1) is 17.8 Å². The van der Waals surface area contributed by atoms with Crippen LogP contribution in [0.2, 0.25) is 5.02 Å². The Balaban J connectivity index is 1.93. The summed E-state index contributed by atoms with van der Waals surface area (Å²) in [5.74, 6) is -0.221. The second-order valence-corrected chi connectivity index (χ2v) is 8.93. The highest BCUT2D eigenvalue weighted by Gasteiger charge is 2.29. The third-order valence-electron chi connectivity index (χ3n) is 4.73. The lowest BCUT2D eigenvalue weighted by atomic mass is 10.2. The lowest BCUT2D eigenvalue weighted by molar-refractivity contribution is 0.102.